The number of ether oxygens (including phenoxy) is 1. The lowest BCUT2D eigenvalue weighted by atomic mass is 10.2. The van der Waals surface area contributed by atoms with Crippen LogP contribution in [-0.2, 0) is 4.79 Å². The zero-order valence-corrected chi connectivity index (χ0v) is 19.5. The molecule has 1 atom stereocenters. The minimum absolute atomic E-state index is 0. The molecule has 160 valence electrons. The molecule has 0 radical (unpaired) electrons. The maximum Gasteiger partial charge on any atom is 0.265 e. The van der Waals surface area contributed by atoms with E-state index in [0.717, 1.165) is 43.5 Å². The molecule has 3 heterocycles. The molecule has 2 fully saturated rings. The minimum atomic E-state index is 0. The van der Waals surface area contributed by atoms with E-state index in [1.807, 2.05) is 36.2 Å². The largest absolute Gasteiger partial charge is 0.482 e. The van der Waals surface area contributed by atoms with E-state index in [9.17, 15) is 4.79 Å². The average molecular weight is 513 g/mol. The van der Waals surface area contributed by atoms with Crippen molar-refractivity contribution < 1.29 is 9.53 Å². The van der Waals surface area contributed by atoms with Crippen LogP contribution in [-0.4, -0.2) is 80.6 Å². The number of anilines is 1. The van der Waals surface area contributed by atoms with Gasteiger partial charge in [-0.1, -0.05) is 12.1 Å². The number of nitrogens with zero attached hydrogens (tertiary/aromatic N) is 4. The molecule has 1 aromatic rings. The maximum atomic E-state index is 12.3. The third-order valence-electron chi connectivity index (χ3n) is 5.98. The van der Waals surface area contributed by atoms with Gasteiger partial charge in [-0.05, 0) is 50.9 Å². The molecule has 4 rings (SSSR count). The smallest absolute Gasteiger partial charge is 0.265 e. The second kappa shape index (κ2) is 10.5. The highest BCUT2D eigenvalue weighted by Crippen LogP contribution is 2.31. The number of para-hydroxylation sites is 2. The summed E-state index contributed by atoms with van der Waals surface area (Å²) < 4.78 is 5.51. The van der Waals surface area contributed by atoms with Crippen LogP contribution in [0.1, 0.15) is 25.7 Å². The van der Waals surface area contributed by atoms with Crippen LogP contribution in [0, 0.1) is 0 Å². The summed E-state index contributed by atoms with van der Waals surface area (Å²) in [4.78, 5) is 23.6. The van der Waals surface area contributed by atoms with Crippen LogP contribution in [0.3, 0.4) is 0 Å². The monoisotopic (exact) mass is 513 g/mol. The minimum Gasteiger partial charge on any atom is -0.482 e. The molecular formula is C21H32IN5O2. The van der Waals surface area contributed by atoms with Gasteiger partial charge in [-0.3, -0.25) is 14.7 Å². The number of likely N-dealkylation sites (tertiary alicyclic amines) is 2. The Balaban J connectivity index is 0.00000240. The summed E-state index contributed by atoms with van der Waals surface area (Å²) in [6, 6.07) is 8.41. The van der Waals surface area contributed by atoms with Crippen molar-refractivity contribution in [3.8, 4) is 5.75 Å². The number of guanidine groups is 1. The molecule has 1 aromatic carbocycles. The van der Waals surface area contributed by atoms with Crippen LogP contribution >= 0.6 is 24.0 Å². The molecule has 8 heteroatoms. The summed E-state index contributed by atoms with van der Waals surface area (Å²) in [5.41, 5.74) is 0.871. The van der Waals surface area contributed by atoms with Gasteiger partial charge in [-0.15, -0.1) is 24.0 Å². The van der Waals surface area contributed by atoms with Crippen molar-refractivity contribution in [1.82, 2.24) is 15.1 Å². The van der Waals surface area contributed by atoms with E-state index in [0.29, 0.717) is 12.6 Å². The number of hydrogen-bond acceptors (Lipinski definition) is 4. The summed E-state index contributed by atoms with van der Waals surface area (Å²) in [6.45, 7) is 6.23. The normalized spacial score (nSPS) is 22.3. The number of halogens is 1. The first-order valence-corrected chi connectivity index (χ1v) is 10.5. The molecule has 0 aromatic heterocycles. The van der Waals surface area contributed by atoms with Gasteiger partial charge in [-0.25, -0.2) is 0 Å². The number of carbonyl (C=O) groups excluding carboxylic acids is 1. The fourth-order valence-electron chi connectivity index (χ4n) is 4.51. The first kappa shape index (κ1) is 22.1. The van der Waals surface area contributed by atoms with E-state index in [4.69, 9.17) is 4.74 Å². The van der Waals surface area contributed by atoms with Crippen LogP contribution in [0.5, 0.6) is 5.75 Å². The van der Waals surface area contributed by atoms with Crippen molar-refractivity contribution in [2.24, 2.45) is 4.99 Å². The van der Waals surface area contributed by atoms with Crippen LogP contribution in [0.2, 0.25) is 0 Å². The molecule has 0 aliphatic carbocycles. The number of amides is 1. The van der Waals surface area contributed by atoms with Crippen LogP contribution in [0.4, 0.5) is 5.69 Å². The standard InChI is InChI=1S/C21H31N5O2.HI/c1-22-21(25-14-9-17(15-25)24-11-4-5-12-24)23-10-6-13-26-18-7-2-3-8-19(18)28-16-20(26)27;/h2-3,7-8,17H,4-6,9-16H2,1H3,(H,22,23);1H. The van der Waals surface area contributed by atoms with E-state index in [1.165, 1.54) is 32.4 Å². The van der Waals surface area contributed by atoms with Crippen molar-refractivity contribution in [2.45, 2.75) is 31.7 Å². The van der Waals surface area contributed by atoms with Crippen LogP contribution in [0.15, 0.2) is 29.3 Å². The summed E-state index contributed by atoms with van der Waals surface area (Å²) >= 11 is 0. The summed E-state index contributed by atoms with van der Waals surface area (Å²) in [5, 5.41) is 3.49. The van der Waals surface area contributed by atoms with Crippen molar-refractivity contribution in [3.05, 3.63) is 24.3 Å². The van der Waals surface area contributed by atoms with E-state index in [2.05, 4.69) is 20.1 Å². The first-order chi connectivity index (χ1) is 13.8. The van der Waals surface area contributed by atoms with Gasteiger partial charge in [0.15, 0.2) is 12.6 Å². The highest BCUT2D eigenvalue weighted by molar-refractivity contribution is 14.0. The molecule has 1 amide bonds. The number of aliphatic imine (C=N–C) groups is 1. The van der Waals surface area contributed by atoms with Gasteiger partial charge in [-0.2, -0.15) is 0 Å². The Kier molecular flexibility index (Phi) is 7.99. The predicted molar refractivity (Wildman–Crippen MR) is 126 cm³/mol. The van der Waals surface area contributed by atoms with Crippen molar-refractivity contribution in [3.63, 3.8) is 0 Å². The quantitative estimate of drug-likeness (QED) is 0.283. The lowest BCUT2D eigenvalue weighted by Crippen LogP contribution is -2.44. The van der Waals surface area contributed by atoms with Gasteiger partial charge >= 0.3 is 0 Å². The predicted octanol–water partition coefficient (Wildman–Crippen LogP) is 2.17. The Morgan fingerprint density at radius 2 is 2.03 bits per heavy atom. The number of fused-ring (bicyclic) bond motifs is 1. The number of nitrogens with one attached hydrogen (secondary N) is 1. The van der Waals surface area contributed by atoms with E-state index in [-0.39, 0.29) is 36.5 Å². The zero-order valence-electron chi connectivity index (χ0n) is 17.2. The molecule has 0 spiro atoms. The van der Waals surface area contributed by atoms with Gasteiger partial charge in [0, 0.05) is 39.3 Å². The first-order valence-electron chi connectivity index (χ1n) is 10.5. The van der Waals surface area contributed by atoms with Gasteiger partial charge in [0.1, 0.15) is 5.75 Å². The Labute approximate surface area is 190 Å². The lowest BCUT2D eigenvalue weighted by molar-refractivity contribution is -0.121. The van der Waals surface area contributed by atoms with Gasteiger partial charge < -0.3 is 19.9 Å². The third-order valence-corrected chi connectivity index (χ3v) is 5.98. The summed E-state index contributed by atoms with van der Waals surface area (Å²) in [7, 11) is 1.85. The van der Waals surface area contributed by atoms with Crippen molar-refractivity contribution in [1.29, 1.82) is 0 Å². The molecule has 1 unspecified atom stereocenters. The van der Waals surface area contributed by atoms with Crippen molar-refractivity contribution in [2.75, 3.05) is 57.8 Å². The SMILES string of the molecule is CN=C(NCCCN1C(=O)COc2ccccc21)N1CCC(N2CCCC2)C1.I. The van der Waals surface area contributed by atoms with Crippen LogP contribution in [0.25, 0.3) is 0 Å². The highest BCUT2D eigenvalue weighted by Gasteiger charge is 2.30. The van der Waals surface area contributed by atoms with Gasteiger partial charge in [0.2, 0.25) is 0 Å². The topological polar surface area (TPSA) is 60.4 Å². The highest BCUT2D eigenvalue weighted by atomic mass is 127. The van der Waals surface area contributed by atoms with E-state index < -0.39 is 0 Å². The Morgan fingerprint density at radius 1 is 1.24 bits per heavy atom. The Bertz CT molecular complexity index is 723. The number of hydrogen-bond donors (Lipinski definition) is 1. The average Bonchev–Trinajstić information content (AvgIpc) is 3.41. The Hall–Kier alpha value is -1.55. The van der Waals surface area contributed by atoms with Crippen molar-refractivity contribution >= 4 is 41.5 Å². The second-order valence-electron chi connectivity index (χ2n) is 7.76. The zero-order chi connectivity index (χ0) is 19.3. The number of benzene rings is 1. The molecule has 29 heavy (non-hydrogen) atoms. The maximum absolute atomic E-state index is 12.3. The summed E-state index contributed by atoms with van der Waals surface area (Å²) in [6.07, 6.45) is 4.77. The van der Waals surface area contributed by atoms with E-state index >= 15 is 0 Å². The van der Waals surface area contributed by atoms with E-state index in [1.54, 1.807) is 0 Å². The molecule has 2 saturated heterocycles. The summed E-state index contributed by atoms with van der Waals surface area (Å²) in [5.74, 6) is 1.79. The molecule has 1 N–H and O–H groups in total. The van der Waals surface area contributed by atoms with Crippen LogP contribution < -0.4 is 15.0 Å². The molecule has 7 nitrogen and oxygen atoms in total. The molecule has 0 saturated carbocycles. The van der Waals surface area contributed by atoms with Gasteiger partial charge in [0.25, 0.3) is 5.91 Å². The third kappa shape index (κ3) is 5.14. The Morgan fingerprint density at radius 3 is 2.83 bits per heavy atom. The fraction of sp³-hybridized carbons (Fsp3) is 0.619. The number of carbonyl (C=O) groups is 1. The molecule has 3 aliphatic heterocycles. The fourth-order valence-corrected chi connectivity index (χ4v) is 4.51. The lowest BCUT2D eigenvalue weighted by Gasteiger charge is -2.29. The number of rotatable bonds is 5. The second-order valence-corrected chi connectivity index (χ2v) is 7.76. The molecule has 0 bridgehead atoms. The molecular weight excluding hydrogens is 481 g/mol. The molecule has 3 aliphatic rings. The van der Waals surface area contributed by atoms with Gasteiger partial charge in [0.05, 0.1) is 5.69 Å².